The van der Waals surface area contributed by atoms with Gasteiger partial charge in [-0.15, -0.1) is 0 Å². The maximum atomic E-state index is 13.1. The van der Waals surface area contributed by atoms with Crippen LogP contribution in [0.15, 0.2) is 30.3 Å². The fourth-order valence-corrected chi connectivity index (χ4v) is 4.20. The average molecular weight is 483 g/mol. The summed E-state index contributed by atoms with van der Waals surface area (Å²) in [7, 11) is 0. The van der Waals surface area contributed by atoms with Gasteiger partial charge in [0.05, 0.1) is 5.92 Å². The third-order valence-corrected chi connectivity index (χ3v) is 6.47. The number of ether oxygens (including phenoxy) is 1. The van der Waals surface area contributed by atoms with Crippen molar-refractivity contribution < 1.29 is 23.9 Å². The Morgan fingerprint density at radius 3 is 2.31 bits per heavy atom. The Morgan fingerprint density at radius 1 is 1.09 bits per heavy atom. The minimum atomic E-state index is -0.847. The van der Waals surface area contributed by atoms with E-state index in [1.54, 1.807) is 16.7 Å². The van der Waals surface area contributed by atoms with Crippen LogP contribution in [0, 0.1) is 5.92 Å². The number of thioether (sulfide) groups is 2. The van der Waals surface area contributed by atoms with E-state index in [-0.39, 0.29) is 23.5 Å². The van der Waals surface area contributed by atoms with Gasteiger partial charge in [0.25, 0.3) is 5.91 Å². The van der Waals surface area contributed by atoms with E-state index in [1.165, 1.54) is 6.92 Å². The van der Waals surface area contributed by atoms with Gasteiger partial charge in [-0.2, -0.15) is 11.8 Å². The summed E-state index contributed by atoms with van der Waals surface area (Å²) < 4.78 is 5.23. The topological polar surface area (TPSA) is 92.8 Å². The van der Waals surface area contributed by atoms with Crippen LogP contribution in [-0.2, 0) is 30.3 Å². The smallest absolute Gasteiger partial charge is 0.329 e. The molecule has 2 atom stereocenters. The number of hydrogen-bond acceptors (Lipinski definition) is 7. The van der Waals surface area contributed by atoms with Crippen LogP contribution in [0.4, 0.5) is 0 Å². The van der Waals surface area contributed by atoms with Gasteiger partial charge >= 0.3 is 5.97 Å². The Balaban J connectivity index is 2.84. The molecule has 0 aliphatic heterocycles. The van der Waals surface area contributed by atoms with E-state index in [0.717, 1.165) is 17.3 Å². The highest BCUT2D eigenvalue weighted by Gasteiger charge is 2.28. The number of amides is 2. The Kier molecular flexibility index (Phi) is 13.8. The normalized spacial score (nSPS) is 12.5. The van der Waals surface area contributed by atoms with Gasteiger partial charge in [0, 0.05) is 25.8 Å². The van der Waals surface area contributed by atoms with Crippen molar-refractivity contribution in [2.45, 2.75) is 39.7 Å². The highest BCUT2D eigenvalue weighted by molar-refractivity contribution is 8.13. The molecule has 0 spiro atoms. The van der Waals surface area contributed by atoms with Gasteiger partial charge in [-0.05, 0) is 44.3 Å². The fourth-order valence-electron chi connectivity index (χ4n) is 3.02. The van der Waals surface area contributed by atoms with Gasteiger partial charge in [-0.3, -0.25) is 14.4 Å². The van der Waals surface area contributed by atoms with Gasteiger partial charge in [0.1, 0.15) is 6.04 Å². The number of likely N-dealkylation sites (N-methyl/N-ethyl adjacent to an activating group) is 1. The van der Waals surface area contributed by atoms with Crippen molar-refractivity contribution in [3.63, 3.8) is 0 Å². The van der Waals surface area contributed by atoms with Gasteiger partial charge in [0.2, 0.25) is 5.91 Å². The van der Waals surface area contributed by atoms with Gasteiger partial charge < -0.3 is 15.0 Å². The van der Waals surface area contributed by atoms with Crippen LogP contribution < -0.4 is 5.32 Å². The van der Waals surface area contributed by atoms with Crippen LogP contribution in [0.3, 0.4) is 0 Å². The van der Waals surface area contributed by atoms with Crippen molar-refractivity contribution in [3.05, 3.63) is 35.9 Å². The molecule has 1 aromatic rings. The third kappa shape index (κ3) is 10.5. The molecule has 0 aromatic heterocycles. The summed E-state index contributed by atoms with van der Waals surface area (Å²) >= 11 is 2.65. The number of carbonyl (C=O) groups excluding carboxylic acids is 4. The molecule has 0 heterocycles. The summed E-state index contributed by atoms with van der Waals surface area (Å²) in [4.78, 5) is 50.9. The molecule has 178 valence electrons. The van der Waals surface area contributed by atoms with Crippen LogP contribution in [0.25, 0.3) is 0 Å². The van der Waals surface area contributed by atoms with Crippen LogP contribution >= 0.6 is 23.5 Å². The zero-order chi connectivity index (χ0) is 23.9. The molecule has 7 nitrogen and oxygen atoms in total. The van der Waals surface area contributed by atoms with Crippen molar-refractivity contribution in [1.29, 1.82) is 0 Å². The Hall–Kier alpha value is -2.00. The monoisotopic (exact) mass is 482 g/mol. The zero-order valence-electron chi connectivity index (χ0n) is 19.3. The quantitative estimate of drug-likeness (QED) is 0.408. The third-order valence-electron chi connectivity index (χ3n) is 4.85. The van der Waals surface area contributed by atoms with E-state index in [1.807, 2.05) is 50.4 Å². The molecular formula is C23H34N2O5S2. The van der Waals surface area contributed by atoms with Crippen molar-refractivity contribution >= 4 is 46.4 Å². The van der Waals surface area contributed by atoms with Crippen molar-refractivity contribution in [3.8, 4) is 0 Å². The van der Waals surface area contributed by atoms with Gasteiger partial charge in [-0.1, -0.05) is 42.1 Å². The molecule has 1 rings (SSSR count). The summed E-state index contributed by atoms with van der Waals surface area (Å²) in [6.45, 7) is 5.91. The van der Waals surface area contributed by atoms with Crippen molar-refractivity contribution in [1.82, 2.24) is 10.2 Å². The van der Waals surface area contributed by atoms with Crippen molar-refractivity contribution in [2.24, 2.45) is 5.92 Å². The minimum absolute atomic E-state index is 0.0656. The fraction of sp³-hybridized carbons (Fsp3) is 0.565. The second-order valence-electron chi connectivity index (χ2n) is 7.21. The van der Waals surface area contributed by atoms with Crippen LogP contribution in [0.1, 0.15) is 32.8 Å². The first kappa shape index (κ1) is 28.0. The van der Waals surface area contributed by atoms with E-state index in [2.05, 4.69) is 5.32 Å². The highest BCUT2D eigenvalue weighted by Crippen LogP contribution is 2.17. The lowest BCUT2D eigenvalue weighted by molar-refractivity contribution is -0.154. The van der Waals surface area contributed by atoms with Crippen LogP contribution in [-0.4, -0.2) is 71.3 Å². The SMILES string of the molecule is CCN(CC)C(=O)COC(=O)[C@H](CCSC)NC(=O)C(CSC(C)=O)Cc1ccccc1. The first-order chi connectivity index (χ1) is 15.3. The molecule has 2 amide bonds. The van der Waals surface area contributed by atoms with E-state index in [9.17, 15) is 19.2 Å². The highest BCUT2D eigenvalue weighted by atomic mass is 32.2. The summed E-state index contributed by atoms with van der Waals surface area (Å²) in [5.41, 5.74) is 0.977. The van der Waals surface area contributed by atoms with E-state index >= 15 is 0 Å². The zero-order valence-corrected chi connectivity index (χ0v) is 20.9. The lowest BCUT2D eigenvalue weighted by Gasteiger charge is -2.23. The molecular weight excluding hydrogens is 448 g/mol. The van der Waals surface area contributed by atoms with Crippen LogP contribution in [0.5, 0.6) is 0 Å². The summed E-state index contributed by atoms with van der Waals surface area (Å²) in [5.74, 6) is -0.700. The molecule has 0 aliphatic carbocycles. The first-order valence-electron chi connectivity index (χ1n) is 10.7. The molecule has 0 radical (unpaired) electrons. The molecule has 32 heavy (non-hydrogen) atoms. The molecule has 1 aromatic carbocycles. The Morgan fingerprint density at radius 2 is 1.75 bits per heavy atom. The number of rotatable bonds is 14. The Labute approximate surface area is 199 Å². The van der Waals surface area contributed by atoms with E-state index < -0.39 is 17.9 Å². The Bertz CT molecular complexity index is 741. The first-order valence-corrected chi connectivity index (χ1v) is 13.1. The molecule has 0 fully saturated rings. The lowest BCUT2D eigenvalue weighted by Crippen LogP contribution is -2.46. The van der Waals surface area contributed by atoms with E-state index in [0.29, 0.717) is 37.4 Å². The van der Waals surface area contributed by atoms with Crippen molar-refractivity contribution in [2.75, 3.05) is 37.5 Å². The van der Waals surface area contributed by atoms with E-state index in [4.69, 9.17) is 4.74 Å². The maximum Gasteiger partial charge on any atom is 0.329 e. The second kappa shape index (κ2) is 15.7. The summed E-state index contributed by atoms with van der Waals surface area (Å²) in [6.07, 6.45) is 2.76. The molecule has 0 saturated carbocycles. The van der Waals surface area contributed by atoms with Gasteiger partial charge in [0.15, 0.2) is 11.7 Å². The predicted molar refractivity (Wildman–Crippen MR) is 131 cm³/mol. The predicted octanol–water partition coefficient (Wildman–Crippen LogP) is 2.77. The maximum absolute atomic E-state index is 13.1. The standard InChI is InChI=1S/C23H34N2O5S2/c1-5-25(6-2)21(27)15-30-23(29)20(12-13-31-4)24-22(28)19(16-32-17(3)26)14-18-10-8-7-9-11-18/h7-11,19-20H,5-6,12-16H2,1-4H3,(H,24,28)/t19?,20-/m0/s1. The number of nitrogens with one attached hydrogen (secondary N) is 1. The number of hydrogen-bond donors (Lipinski definition) is 1. The molecule has 0 aliphatic rings. The molecule has 9 heteroatoms. The minimum Gasteiger partial charge on any atom is -0.454 e. The molecule has 0 saturated heterocycles. The van der Waals surface area contributed by atoms with Crippen LogP contribution in [0.2, 0.25) is 0 Å². The number of carbonyl (C=O) groups is 4. The number of benzene rings is 1. The molecule has 1 unspecified atom stereocenters. The number of nitrogens with zero attached hydrogens (tertiary/aromatic N) is 1. The lowest BCUT2D eigenvalue weighted by atomic mass is 9.99. The largest absolute Gasteiger partial charge is 0.454 e. The summed E-state index contributed by atoms with van der Waals surface area (Å²) in [6, 6.07) is 8.70. The molecule has 1 N–H and O–H groups in total. The van der Waals surface area contributed by atoms with Gasteiger partial charge in [-0.25, -0.2) is 4.79 Å². The summed E-state index contributed by atoms with van der Waals surface area (Å²) in [5, 5.41) is 2.73. The molecule has 0 bridgehead atoms. The second-order valence-corrected chi connectivity index (χ2v) is 9.39. The number of esters is 1. The average Bonchev–Trinajstić information content (AvgIpc) is 2.78.